The maximum atomic E-state index is 13.2. The van der Waals surface area contributed by atoms with Crippen LogP contribution in [0.2, 0.25) is 10.0 Å². The van der Waals surface area contributed by atoms with Gasteiger partial charge in [-0.15, -0.1) is 0 Å². The molecule has 0 spiro atoms. The fraction of sp³-hybridized carbons (Fsp3) is 0.417. The van der Waals surface area contributed by atoms with Crippen LogP contribution in [0.4, 0.5) is 0 Å². The molecule has 2 aromatic rings. The molecule has 2 amide bonds. The highest BCUT2D eigenvalue weighted by atomic mass is 35.5. The summed E-state index contributed by atoms with van der Waals surface area (Å²) in [5, 5.41) is 3.72. The number of ether oxygens (including phenoxy) is 2. The van der Waals surface area contributed by atoms with Crippen LogP contribution in [0.15, 0.2) is 36.4 Å². The molecule has 0 bridgehead atoms. The lowest BCUT2D eigenvalue weighted by Gasteiger charge is -2.29. The highest BCUT2D eigenvalue weighted by Crippen LogP contribution is 2.28. The summed E-state index contributed by atoms with van der Waals surface area (Å²) in [6.45, 7) is 5.73. The molecule has 0 aliphatic rings. The Morgan fingerprint density at radius 3 is 2.19 bits per heavy atom. The van der Waals surface area contributed by atoms with E-state index >= 15 is 0 Å². The average molecular weight is 481 g/mol. The molecule has 2 rings (SSSR count). The fourth-order valence-corrected chi connectivity index (χ4v) is 3.57. The third-order valence-corrected chi connectivity index (χ3v) is 5.75. The summed E-state index contributed by atoms with van der Waals surface area (Å²) in [4.78, 5) is 27.4. The minimum absolute atomic E-state index is 0.0290. The van der Waals surface area contributed by atoms with E-state index in [2.05, 4.69) is 5.32 Å². The number of methoxy groups -OCH3 is 2. The molecule has 1 unspecified atom stereocenters. The van der Waals surface area contributed by atoms with E-state index < -0.39 is 6.04 Å². The second kappa shape index (κ2) is 12.0. The van der Waals surface area contributed by atoms with Crippen molar-refractivity contribution in [1.82, 2.24) is 10.2 Å². The molecule has 0 radical (unpaired) electrons. The molecule has 8 heteroatoms. The molecule has 0 saturated heterocycles. The second-order valence-corrected chi connectivity index (χ2v) is 8.61. The Labute approximate surface area is 199 Å². The lowest BCUT2D eigenvalue weighted by atomic mass is 10.1. The number of rotatable bonds is 10. The van der Waals surface area contributed by atoms with Gasteiger partial charge in [-0.2, -0.15) is 0 Å². The predicted octanol–water partition coefficient (Wildman–Crippen LogP) is 4.89. The van der Waals surface area contributed by atoms with Gasteiger partial charge in [-0.3, -0.25) is 9.59 Å². The maximum Gasteiger partial charge on any atom is 0.242 e. The van der Waals surface area contributed by atoms with Crippen molar-refractivity contribution >= 4 is 35.0 Å². The smallest absolute Gasteiger partial charge is 0.242 e. The van der Waals surface area contributed by atoms with Crippen LogP contribution in [0.25, 0.3) is 0 Å². The maximum absolute atomic E-state index is 13.2. The number of halogens is 2. The van der Waals surface area contributed by atoms with Crippen molar-refractivity contribution in [3.05, 3.63) is 57.6 Å². The van der Waals surface area contributed by atoms with Gasteiger partial charge in [0, 0.05) is 19.0 Å². The van der Waals surface area contributed by atoms with E-state index in [0.717, 1.165) is 11.1 Å². The average Bonchev–Trinajstić information content (AvgIpc) is 2.76. The van der Waals surface area contributed by atoms with Crippen LogP contribution in [-0.2, 0) is 22.6 Å². The van der Waals surface area contributed by atoms with Crippen molar-refractivity contribution in [1.29, 1.82) is 0 Å². The Morgan fingerprint density at radius 1 is 0.938 bits per heavy atom. The molecule has 0 fully saturated rings. The zero-order valence-corrected chi connectivity index (χ0v) is 20.6. The first kappa shape index (κ1) is 25.8. The van der Waals surface area contributed by atoms with Crippen LogP contribution in [0, 0.1) is 0 Å². The van der Waals surface area contributed by atoms with Crippen molar-refractivity contribution in [2.24, 2.45) is 0 Å². The van der Waals surface area contributed by atoms with Crippen molar-refractivity contribution in [2.75, 3.05) is 14.2 Å². The molecular weight excluding hydrogens is 451 g/mol. The van der Waals surface area contributed by atoms with E-state index in [1.165, 1.54) is 0 Å². The van der Waals surface area contributed by atoms with Gasteiger partial charge in [0.25, 0.3) is 0 Å². The Bertz CT molecular complexity index is 950. The molecule has 0 aliphatic carbocycles. The van der Waals surface area contributed by atoms with E-state index in [9.17, 15) is 9.59 Å². The van der Waals surface area contributed by atoms with Crippen LogP contribution in [-0.4, -0.2) is 43.0 Å². The molecule has 174 valence electrons. The quantitative estimate of drug-likeness (QED) is 0.525. The van der Waals surface area contributed by atoms with E-state index in [1.54, 1.807) is 44.2 Å². The van der Waals surface area contributed by atoms with Crippen LogP contribution in [0.1, 0.15) is 38.3 Å². The van der Waals surface area contributed by atoms with Gasteiger partial charge in [0.05, 0.1) is 24.3 Å². The van der Waals surface area contributed by atoms with Crippen LogP contribution >= 0.6 is 23.2 Å². The Balaban J connectivity index is 2.20. The number of nitrogens with zero attached hydrogens (tertiary/aromatic N) is 1. The zero-order valence-electron chi connectivity index (χ0n) is 19.1. The summed E-state index contributed by atoms with van der Waals surface area (Å²) in [6.07, 6.45) is 0.728. The third-order valence-electron chi connectivity index (χ3n) is 5.01. The van der Waals surface area contributed by atoms with Crippen molar-refractivity contribution in [3.63, 3.8) is 0 Å². The monoisotopic (exact) mass is 480 g/mol. The molecule has 0 heterocycles. The minimum Gasteiger partial charge on any atom is -0.493 e. The van der Waals surface area contributed by atoms with E-state index in [0.29, 0.717) is 28.0 Å². The number of hydrogen-bond acceptors (Lipinski definition) is 4. The van der Waals surface area contributed by atoms with Gasteiger partial charge < -0.3 is 19.7 Å². The van der Waals surface area contributed by atoms with Crippen LogP contribution in [0.3, 0.4) is 0 Å². The number of hydrogen-bond donors (Lipinski definition) is 1. The summed E-state index contributed by atoms with van der Waals surface area (Å²) in [5.74, 6) is 0.884. The van der Waals surface area contributed by atoms with Gasteiger partial charge in [0.15, 0.2) is 11.5 Å². The normalized spacial score (nSPS) is 11.8. The Kier molecular flexibility index (Phi) is 9.66. The standard InChI is InChI=1S/C24H30Cl2N2O4/c1-15(2)27-24(30)16(3)28(14-18-6-9-19(25)20(26)12-18)23(29)11-8-17-7-10-21(31-4)22(13-17)32-5/h6-7,9-10,12-13,15-16H,8,11,14H2,1-5H3,(H,27,30). The summed E-state index contributed by atoms with van der Waals surface area (Å²) >= 11 is 12.2. The number of carbonyl (C=O) groups excluding carboxylic acids is 2. The Hall–Kier alpha value is -2.44. The van der Waals surface area contributed by atoms with Gasteiger partial charge >= 0.3 is 0 Å². The van der Waals surface area contributed by atoms with Gasteiger partial charge in [-0.25, -0.2) is 0 Å². The molecule has 6 nitrogen and oxygen atoms in total. The highest BCUT2D eigenvalue weighted by molar-refractivity contribution is 6.42. The van der Waals surface area contributed by atoms with Gasteiger partial charge in [0.1, 0.15) is 6.04 Å². The molecule has 1 atom stereocenters. The molecule has 0 saturated carbocycles. The van der Waals surface area contributed by atoms with Crippen molar-refractivity contribution in [2.45, 2.75) is 52.2 Å². The molecule has 1 N–H and O–H groups in total. The van der Waals surface area contributed by atoms with Crippen LogP contribution in [0.5, 0.6) is 11.5 Å². The van der Waals surface area contributed by atoms with E-state index in [-0.39, 0.29) is 30.8 Å². The molecule has 32 heavy (non-hydrogen) atoms. The first-order chi connectivity index (χ1) is 15.2. The number of aryl methyl sites for hydroxylation is 1. The topological polar surface area (TPSA) is 67.9 Å². The summed E-state index contributed by atoms with van der Waals surface area (Å²) < 4.78 is 10.6. The first-order valence-corrected chi connectivity index (χ1v) is 11.2. The van der Waals surface area contributed by atoms with Crippen molar-refractivity contribution < 1.29 is 19.1 Å². The molecule has 2 aromatic carbocycles. The predicted molar refractivity (Wildman–Crippen MR) is 128 cm³/mol. The van der Waals surface area contributed by atoms with Gasteiger partial charge in [0.2, 0.25) is 11.8 Å². The Morgan fingerprint density at radius 2 is 1.59 bits per heavy atom. The highest BCUT2D eigenvalue weighted by Gasteiger charge is 2.26. The zero-order chi connectivity index (χ0) is 23.8. The summed E-state index contributed by atoms with van der Waals surface area (Å²) in [5.41, 5.74) is 1.73. The number of carbonyl (C=O) groups is 2. The third kappa shape index (κ3) is 7.04. The largest absolute Gasteiger partial charge is 0.493 e. The van der Waals surface area contributed by atoms with Gasteiger partial charge in [-0.05, 0) is 62.6 Å². The van der Waals surface area contributed by atoms with E-state index in [4.69, 9.17) is 32.7 Å². The number of benzene rings is 2. The van der Waals surface area contributed by atoms with E-state index in [1.807, 2.05) is 32.0 Å². The van der Waals surface area contributed by atoms with Crippen LogP contribution < -0.4 is 14.8 Å². The molecule has 0 aromatic heterocycles. The number of amides is 2. The first-order valence-electron chi connectivity index (χ1n) is 10.4. The lowest BCUT2D eigenvalue weighted by Crippen LogP contribution is -2.49. The number of nitrogens with one attached hydrogen (secondary N) is 1. The van der Waals surface area contributed by atoms with Gasteiger partial charge in [-0.1, -0.05) is 35.3 Å². The molecule has 0 aliphatic heterocycles. The fourth-order valence-electron chi connectivity index (χ4n) is 3.25. The van der Waals surface area contributed by atoms with Crippen molar-refractivity contribution in [3.8, 4) is 11.5 Å². The lowest BCUT2D eigenvalue weighted by molar-refractivity contribution is -0.140. The SMILES string of the molecule is COc1ccc(CCC(=O)N(Cc2ccc(Cl)c(Cl)c2)C(C)C(=O)NC(C)C)cc1OC. The summed E-state index contributed by atoms with van der Waals surface area (Å²) in [7, 11) is 3.15. The summed E-state index contributed by atoms with van der Waals surface area (Å²) in [6, 6.07) is 10.1. The minimum atomic E-state index is -0.648. The molecular formula is C24H30Cl2N2O4. The second-order valence-electron chi connectivity index (χ2n) is 7.80.